The smallest absolute Gasteiger partial charge is 0.318 e. The fourth-order valence-electron chi connectivity index (χ4n) is 3.50. The first-order chi connectivity index (χ1) is 12.3. The predicted octanol–water partition coefficient (Wildman–Crippen LogP) is 5.71. The monoisotopic (exact) mass is 334 g/mol. The van der Waals surface area contributed by atoms with Gasteiger partial charge in [0.1, 0.15) is 0 Å². The summed E-state index contributed by atoms with van der Waals surface area (Å²) < 4.78 is 0. The van der Waals surface area contributed by atoms with E-state index in [1.165, 1.54) is 24.8 Å². The quantitative estimate of drug-likeness (QED) is 0.698. The van der Waals surface area contributed by atoms with E-state index >= 15 is 0 Å². The van der Waals surface area contributed by atoms with Crippen molar-refractivity contribution in [1.29, 1.82) is 0 Å². The summed E-state index contributed by atoms with van der Waals surface area (Å²) in [7, 11) is 0. The molecule has 0 saturated heterocycles. The van der Waals surface area contributed by atoms with Gasteiger partial charge >= 0.3 is 6.03 Å². The molecule has 0 aliphatic heterocycles. The lowest BCUT2D eigenvalue weighted by atomic mass is 9.94. The fraction of sp³-hybridized carbons (Fsp3) is 0.318. The van der Waals surface area contributed by atoms with Crippen LogP contribution in [0.15, 0.2) is 67.3 Å². The summed E-state index contributed by atoms with van der Waals surface area (Å²) in [5.41, 5.74) is 3.15. The first-order valence-electron chi connectivity index (χ1n) is 9.12. The number of amides is 2. The third-order valence-electron chi connectivity index (χ3n) is 4.85. The largest absolute Gasteiger partial charge is 0.322 e. The first kappa shape index (κ1) is 17.3. The van der Waals surface area contributed by atoms with Gasteiger partial charge in [0, 0.05) is 18.3 Å². The van der Waals surface area contributed by atoms with Gasteiger partial charge in [-0.05, 0) is 36.1 Å². The highest BCUT2D eigenvalue weighted by Crippen LogP contribution is 2.24. The van der Waals surface area contributed by atoms with Gasteiger partial charge in [-0.1, -0.05) is 67.8 Å². The molecule has 2 aromatic carbocycles. The van der Waals surface area contributed by atoms with Gasteiger partial charge in [-0.2, -0.15) is 0 Å². The van der Waals surface area contributed by atoms with Crippen LogP contribution in [0.25, 0.3) is 11.1 Å². The number of urea groups is 1. The molecular weight excluding hydrogens is 308 g/mol. The van der Waals surface area contributed by atoms with Crippen LogP contribution in [0, 0.1) is 0 Å². The van der Waals surface area contributed by atoms with Crippen LogP contribution in [-0.4, -0.2) is 23.5 Å². The standard InChI is InChI=1S/C22H26N2O/c1-2-17-24(21-11-7-4-8-12-21)22(25)23-20-15-13-19(14-16-20)18-9-5-3-6-10-18/h2-3,5-6,9-10,13-16,21H,1,4,7-8,11-12,17H2,(H,23,25). The molecule has 0 radical (unpaired) electrons. The zero-order valence-electron chi connectivity index (χ0n) is 14.7. The van der Waals surface area contributed by atoms with Gasteiger partial charge in [0.15, 0.2) is 0 Å². The highest BCUT2D eigenvalue weighted by molar-refractivity contribution is 5.90. The summed E-state index contributed by atoms with van der Waals surface area (Å²) >= 11 is 0. The Morgan fingerprint density at radius 3 is 2.28 bits per heavy atom. The van der Waals surface area contributed by atoms with E-state index in [9.17, 15) is 4.79 Å². The lowest BCUT2D eigenvalue weighted by molar-refractivity contribution is 0.176. The van der Waals surface area contributed by atoms with Crippen molar-refractivity contribution in [2.75, 3.05) is 11.9 Å². The van der Waals surface area contributed by atoms with Crippen LogP contribution in [0.1, 0.15) is 32.1 Å². The highest BCUT2D eigenvalue weighted by Gasteiger charge is 2.24. The van der Waals surface area contributed by atoms with E-state index in [4.69, 9.17) is 0 Å². The minimum atomic E-state index is -0.0285. The van der Waals surface area contributed by atoms with Crippen molar-refractivity contribution in [3.63, 3.8) is 0 Å². The molecule has 3 heteroatoms. The summed E-state index contributed by atoms with van der Waals surface area (Å²) in [6.07, 6.45) is 7.69. The summed E-state index contributed by atoms with van der Waals surface area (Å²) in [6, 6.07) is 18.6. The van der Waals surface area contributed by atoms with Crippen molar-refractivity contribution in [2.24, 2.45) is 0 Å². The minimum absolute atomic E-state index is 0.0285. The van der Waals surface area contributed by atoms with Crippen molar-refractivity contribution in [1.82, 2.24) is 4.90 Å². The van der Waals surface area contributed by atoms with Crippen molar-refractivity contribution in [3.05, 3.63) is 67.3 Å². The van der Waals surface area contributed by atoms with Gasteiger partial charge in [-0.25, -0.2) is 4.79 Å². The number of carbonyl (C=O) groups excluding carboxylic acids is 1. The number of rotatable bonds is 5. The molecule has 25 heavy (non-hydrogen) atoms. The summed E-state index contributed by atoms with van der Waals surface area (Å²) in [5.74, 6) is 0. The number of nitrogens with one attached hydrogen (secondary N) is 1. The van der Waals surface area contributed by atoms with E-state index in [0.717, 1.165) is 24.1 Å². The van der Waals surface area contributed by atoms with Crippen LogP contribution >= 0.6 is 0 Å². The van der Waals surface area contributed by atoms with E-state index in [2.05, 4.69) is 24.0 Å². The van der Waals surface area contributed by atoms with E-state index in [1.54, 1.807) is 0 Å². The second kappa shape index (κ2) is 8.52. The van der Waals surface area contributed by atoms with Crippen molar-refractivity contribution >= 4 is 11.7 Å². The molecule has 0 unspecified atom stereocenters. The van der Waals surface area contributed by atoms with E-state index in [1.807, 2.05) is 53.4 Å². The van der Waals surface area contributed by atoms with Crippen LogP contribution in [-0.2, 0) is 0 Å². The SMILES string of the molecule is C=CCN(C(=O)Nc1ccc(-c2ccccc2)cc1)C1CCCCC1. The number of hydrogen-bond donors (Lipinski definition) is 1. The van der Waals surface area contributed by atoms with Crippen molar-refractivity contribution in [2.45, 2.75) is 38.1 Å². The molecule has 1 saturated carbocycles. The van der Waals surface area contributed by atoms with Gasteiger partial charge in [0.2, 0.25) is 0 Å². The van der Waals surface area contributed by atoms with Gasteiger partial charge < -0.3 is 10.2 Å². The third kappa shape index (κ3) is 4.50. The van der Waals surface area contributed by atoms with Crippen LogP contribution in [0.2, 0.25) is 0 Å². The Labute approximate surface area is 150 Å². The van der Waals surface area contributed by atoms with Crippen molar-refractivity contribution in [3.8, 4) is 11.1 Å². The normalized spacial score (nSPS) is 14.7. The highest BCUT2D eigenvalue weighted by atomic mass is 16.2. The molecular formula is C22H26N2O. The molecule has 0 spiro atoms. The minimum Gasteiger partial charge on any atom is -0.318 e. The second-order valence-electron chi connectivity index (χ2n) is 6.61. The molecule has 1 aliphatic carbocycles. The molecule has 2 aromatic rings. The number of nitrogens with zero attached hydrogens (tertiary/aromatic N) is 1. The number of benzene rings is 2. The molecule has 130 valence electrons. The van der Waals surface area contributed by atoms with Crippen LogP contribution in [0.5, 0.6) is 0 Å². The average Bonchev–Trinajstić information content (AvgIpc) is 2.68. The maximum absolute atomic E-state index is 12.7. The van der Waals surface area contributed by atoms with Crippen LogP contribution in [0.3, 0.4) is 0 Å². The zero-order chi connectivity index (χ0) is 17.5. The van der Waals surface area contributed by atoms with Crippen LogP contribution < -0.4 is 5.32 Å². The molecule has 1 aliphatic rings. The first-order valence-corrected chi connectivity index (χ1v) is 9.12. The molecule has 0 atom stereocenters. The molecule has 1 fully saturated rings. The Morgan fingerprint density at radius 2 is 1.64 bits per heavy atom. The van der Waals surface area contributed by atoms with Gasteiger partial charge in [0.25, 0.3) is 0 Å². The lowest BCUT2D eigenvalue weighted by Crippen LogP contribution is -2.43. The number of hydrogen-bond acceptors (Lipinski definition) is 1. The van der Waals surface area contributed by atoms with Crippen LogP contribution in [0.4, 0.5) is 10.5 Å². The van der Waals surface area contributed by atoms with E-state index in [-0.39, 0.29) is 6.03 Å². The van der Waals surface area contributed by atoms with E-state index < -0.39 is 0 Å². The summed E-state index contributed by atoms with van der Waals surface area (Å²) in [4.78, 5) is 14.7. The Balaban J connectivity index is 1.67. The molecule has 2 amide bonds. The maximum atomic E-state index is 12.7. The Kier molecular flexibility index (Phi) is 5.89. The molecule has 3 rings (SSSR count). The Morgan fingerprint density at radius 1 is 1.00 bits per heavy atom. The molecule has 3 nitrogen and oxygen atoms in total. The average molecular weight is 334 g/mol. The predicted molar refractivity (Wildman–Crippen MR) is 105 cm³/mol. The Hall–Kier alpha value is -2.55. The fourth-order valence-corrected chi connectivity index (χ4v) is 3.50. The topological polar surface area (TPSA) is 32.3 Å². The maximum Gasteiger partial charge on any atom is 0.322 e. The summed E-state index contributed by atoms with van der Waals surface area (Å²) in [6.45, 7) is 4.40. The van der Waals surface area contributed by atoms with E-state index in [0.29, 0.717) is 12.6 Å². The lowest BCUT2D eigenvalue weighted by Gasteiger charge is -2.33. The van der Waals surface area contributed by atoms with Gasteiger partial charge in [-0.15, -0.1) is 6.58 Å². The number of anilines is 1. The summed E-state index contributed by atoms with van der Waals surface area (Å²) in [5, 5.41) is 3.04. The molecule has 0 heterocycles. The van der Waals surface area contributed by atoms with Crippen molar-refractivity contribution < 1.29 is 4.79 Å². The Bertz CT molecular complexity index is 688. The third-order valence-corrected chi connectivity index (χ3v) is 4.85. The van der Waals surface area contributed by atoms with Gasteiger partial charge in [-0.3, -0.25) is 0 Å². The molecule has 1 N–H and O–H groups in total. The molecule has 0 aromatic heterocycles. The number of carbonyl (C=O) groups is 1. The molecule has 0 bridgehead atoms. The second-order valence-corrected chi connectivity index (χ2v) is 6.61. The van der Waals surface area contributed by atoms with Gasteiger partial charge in [0.05, 0.1) is 0 Å². The zero-order valence-corrected chi connectivity index (χ0v) is 14.7.